The molecule has 0 radical (unpaired) electrons. The molecule has 33 heavy (non-hydrogen) atoms. The van der Waals surface area contributed by atoms with Crippen molar-refractivity contribution in [3.8, 4) is 5.75 Å². The van der Waals surface area contributed by atoms with Gasteiger partial charge in [-0.3, -0.25) is 0 Å². The Balaban J connectivity index is 1.49. The molecule has 3 heteroatoms. The van der Waals surface area contributed by atoms with Crippen LogP contribution in [0.3, 0.4) is 0 Å². The monoisotopic (exact) mass is 454 g/mol. The summed E-state index contributed by atoms with van der Waals surface area (Å²) in [6, 6.07) is 18.4. The number of rotatable bonds is 20. The van der Waals surface area contributed by atoms with Crippen molar-refractivity contribution >= 4 is 0 Å². The SMILES string of the molecule is CCCCCCCCCCCCCCc1ccc(OCC(CO)OCc2ccccc2)cc1. The van der Waals surface area contributed by atoms with Crippen LogP contribution in [-0.2, 0) is 17.8 Å². The lowest BCUT2D eigenvalue weighted by Crippen LogP contribution is -2.25. The molecule has 0 fully saturated rings. The molecule has 2 rings (SSSR count). The van der Waals surface area contributed by atoms with Gasteiger partial charge in [0.25, 0.3) is 0 Å². The molecule has 0 spiro atoms. The molecule has 0 heterocycles. The van der Waals surface area contributed by atoms with Crippen LogP contribution < -0.4 is 4.74 Å². The summed E-state index contributed by atoms with van der Waals surface area (Å²) >= 11 is 0. The molecule has 2 aromatic carbocycles. The Labute approximate surface area is 202 Å². The van der Waals surface area contributed by atoms with Gasteiger partial charge in [-0.2, -0.15) is 0 Å². The minimum atomic E-state index is -0.328. The Morgan fingerprint density at radius 1 is 0.667 bits per heavy atom. The highest BCUT2D eigenvalue weighted by Crippen LogP contribution is 2.17. The Hall–Kier alpha value is -1.84. The van der Waals surface area contributed by atoms with Crippen LogP contribution in [0.5, 0.6) is 5.75 Å². The van der Waals surface area contributed by atoms with Crippen molar-refractivity contribution in [1.82, 2.24) is 0 Å². The molecule has 1 unspecified atom stereocenters. The van der Waals surface area contributed by atoms with Crippen molar-refractivity contribution in [2.45, 2.75) is 103 Å². The Kier molecular flexibility index (Phi) is 15.4. The van der Waals surface area contributed by atoms with Crippen LogP contribution in [0.1, 0.15) is 95.1 Å². The van der Waals surface area contributed by atoms with Gasteiger partial charge in [0, 0.05) is 0 Å². The molecule has 0 amide bonds. The first-order chi connectivity index (χ1) is 16.3. The van der Waals surface area contributed by atoms with Crippen molar-refractivity contribution in [3.63, 3.8) is 0 Å². The molecule has 1 atom stereocenters. The number of unbranched alkanes of at least 4 members (excludes halogenated alkanes) is 11. The topological polar surface area (TPSA) is 38.7 Å². The number of hydrogen-bond acceptors (Lipinski definition) is 3. The van der Waals surface area contributed by atoms with Gasteiger partial charge < -0.3 is 14.6 Å². The van der Waals surface area contributed by atoms with E-state index in [9.17, 15) is 5.11 Å². The van der Waals surface area contributed by atoms with Crippen LogP contribution in [0, 0.1) is 0 Å². The fourth-order valence-electron chi connectivity index (χ4n) is 4.05. The van der Waals surface area contributed by atoms with Gasteiger partial charge in [-0.1, -0.05) is 120 Å². The molecule has 2 aromatic rings. The zero-order chi connectivity index (χ0) is 23.4. The predicted molar refractivity (Wildman–Crippen MR) is 139 cm³/mol. The number of aliphatic hydroxyl groups excluding tert-OH is 1. The van der Waals surface area contributed by atoms with Gasteiger partial charge >= 0.3 is 0 Å². The molecule has 0 bridgehead atoms. The summed E-state index contributed by atoms with van der Waals surface area (Å²) in [6.45, 7) is 3.06. The number of benzene rings is 2. The molecule has 0 saturated carbocycles. The van der Waals surface area contributed by atoms with Crippen LogP contribution in [0.2, 0.25) is 0 Å². The molecule has 0 aromatic heterocycles. The normalized spacial score (nSPS) is 12.1. The van der Waals surface area contributed by atoms with E-state index in [1.165, 1.54) is 82.6 Å². The molecular formula is C30H46O3. The number of hydrogen-bond donors (Lipinski definition) is 1. The number of aryl methyl sites for hydroxylation is 1. The van der Waals surface area contributed by atoms with Crippen LogP contribution in [0.25, 0.3) is 0 Å². The summed E-state index contributed by atoms with van der Waals surface area (Å²) in [4.78, 5) is 0. The maximum absolute atomic E-state index is 9.56. The van der Waals surface area contributed by atoms with E-state index in [1.54, 1.807) is 0 Å². The van der Waals surface area contributed by atoms with E-state index in [-0.39, 0.29) is 12.7 Å². The maximum atomic E-state index is 9.56. The van der Waals surface area contributed by atoms with Crippen LogP contribution in [-0.4, -0.2) is 24.4 Å². The van der Waals surface area contributed by atoms with Crippen LogP contribution in [0.15, 0.2) is 54.6 Å². The third-order valence-electron chi connectivity index (χ3n) is 6.21. The van der Waals surface area contributed by atoms with E-state index < -0.39 is 0 Å². The third kappa shape index (κ3) is 13.5. The second kappa shape index (κ2) is 18.6. The lowest BCUT2D eigenvalue weighted by molar-refractivity contribution is -0.0227. The Morgan fingerprint density at radius 3 is 1.82 bits per heavy atom. The summed E-state index contributed by atoms with van der Waals surface area (Å²) in [5, 5.41) is 9.56. The van der Waals surface area contributed by atoms with E-state index in [0.717, 1.165) is 17.7 Å². The van der Waals surface area contributed by atoms with Crippen molar-refractivity contribution in [2.75, 3.05) is 13.2 Å². The molecule has 0 aliphatic rings. The zero-order valence-corrected chi connectivity index (χ0v) is 20.9. The van der Waals surface area contributed by atoms with E-state index >= 15 is 0 Å². The minimum Gasteiger partial charge on any atom is -0.491 e. The van der Waals surface area contributed by atoms with Gasteiger partial charge in [-0.15, -0.1) is 0 Å². The van der Waals surface area contributed by atoms with Crippen LogP contribution >= 0.6 is 0 Å². The fourth-order valence-corrected chi connectivity index (χ4v) is 4.05. The van der Waals surface area contributed by atoms with Gasteiger partial charge in [0.05, 0.1) is 13.2 Å². The molecule has 184 valence electrons. The van der Waals surface area contributed by atoms with Gasteiger partial charge in [0.1, 0.15) is 18.5 Å². The smallest absolute Gasteiger partial charge is 0.119 e. The zero-order valence-electron chi connectivity index (χ0n) is 20.9. The molecule has 3 nitrogen and oxygen atoms in total. The first-order valence-corrected chi connectivity index (χ1v) is 13.3. The van der Waals surface area contributed by atoms with Crippen LogP contribution in [0.4, 0.5) is 0 Å². The second-order valence-electron chi connectivity index (χ2n) is 9.20. The number of ether oxygens (including phenoxy) is 2. The average molecular weight is 455 g/mol. The largest absolute Gasteiger partial charge is 0.491 e. The molecule has 0 aliphatic heterocycles. The van der Waals surface area contributed by atoms with Crippen molar-refractivity contribution in [2.24, 2.45) is 0 Å². The minimum absolute atomic E-state index is 0.0517. The molecule has 1 N–H and O–H groups in total. The van der Waals surface area contributed by atoms with Crippen molar-refractivity contribution in [3.05, 3.63) is 65.7 Å². The number of aliphatic hydroxyl groups is 1. The standard InChI is InChI=1S/C30H46O3/c1-2-3-4-5-6-7-8-9-10-11-12-14-17-27-20-22-29(23-21-27)33-26-30(24-31)32-25-28-18-15-13-16-19-28/h13,15-16,18-23,30-31H,2-12,14,17,24-26H2,1H3. The molecular weight excluding hydrogens is 408 g/mol. The Bertz CT molecular complexity index is 683. The van der Waals surface area contributed by atoms with E-state index in [4.69, 9.17) is 9.47 Å². The summed E-state index contributed by atoms with van der Waals surface area (Å²) in [6.07, 6.45) is 17.4. The predicted octanol–water partition coefficient (Wildman–Crippen LogP) is 7.89. The summed E-state index contributed by atoms with van der Waals surface area (Å²) < 4.78 is 11.6. The lowest BCUT2D eigenvalue weighted by Gasteiger charge is -2.16. The van der Waals surface area contributed by atoms with Gasteiger partial charge in [0.15, 0.2) is 0 Å². The maximum Gasteiger partial charge on any atom is 0.119 e. The van der Waals surface area contributed by atoms with Crippen molar-refractivity contribution < 1.29 is 14.6 Å². The molecule has 0 saturated heterocycles. The molecule has 0 aliphatic carbocycles. The average Bonchev–Trinajstić information content (AvgIpc) is 2.86. The summed E-state index contributed by atoms with van der Waals surface area (Å²) in [7, 11) is 0. The van der Waals surface area contributed by atoms with Crippen molar-refractivity contribution in [1.29, 1.82) is 0 Å². The summed E-state index contributed by atoms with van der Waals surface area (Å²) in [5.74, 6) is 0.829. The lowest BCUT2D eigenvalue weighted by atomic mass is 10.0. The van der Waals surface area contributed by atoms with E-state index in [0.29, 0.717) is 13.2 Å². The highest BCUT2D eigenvalue weighted by Gasteiger charge is 2.09. The fraction of sp³-hybridized carbons (Fsp3) is 0.600. The van der Waals surface area contributed by atoms with Gasteiger partial charge in [-0.05, 0) is 36.1 Å². The quantitative estimate of drug-likeness (QED) is 0.207. The first kappa shape index (κ1) is 27.4. The van der Waals surface area contributed by atoms with E-state index in [2.05, 4.69) is 19.1 Å². The second-order valence-corrected chi connectivity index (χ2v) is 9.20. The first-order valence-electron chi connectivity index (χ1n) is 13.3. The highest BCUT2D eigenvalue weighted by atomic mass is 16.5. The Morgan fingerprint density at radius 2 is 1.24 bits per heavy atom. The van der Waals surface area contributed by atoms with E-state index in [1.807, 2.05) is 42.5 Å². The van der Waals surface area contributed by atoms with Gasteiger partial charge in [0.2, 0.25) is 0 Å². The highest BCUT2D eigenvalue weighted by molar-refractivity contribution is 5.27. The van der Waals surface area contributed by atoms with Gasteiger partial charge in [-0.25, -0.2) is 0 Å². The third-order valence-corrected chi connectivity index (χ3v) is 6.21. The summed E-state index contributed by atoms with van der Waals surface area (Å²) in [5.41, 5.74) is 2.46.